The van der Waals surface area contributed by atoms with Gasteiger partial charge in [-0.25, -0.2) is 0 Å². The maximum atomic E-state index is 2.49. The van der Waals surface area contributed by atoms with E-state index in [2.05, 4.69) is 31.2 Å². The van der Waals surface area contributed by atoms with Crippen LogP contribution in [-0.2, 0) is 0 Å². The van der Waals surface area contributed by atoms with Gasteiger partial charge in [0, 0.05) is 0 Å². The summed E-state index contributed by atoms with van der Waals surface area (Å²) in [6.07, 6.45) is 16.3. The Morgan fingerprint density at radius 3 is 3.21 bits per heavy atom. The van der Waals surface area contributed by atoms with Gasteiger partial charge in [0.15, 0.2) is 0 Å². The molecule has 1 fully saturated rings. The quantitative estimate of drug-likeness (QED) is 0.536. The van der Waals surface area contributed by atoms with Crippen molar-refractivity contribution in [2.75, 3.05) is 0 Å². The smallest absolute Gasteiger partial charge is 0.00359 e. The summed E-state index contributed by atoms with van der Waals surface area (Å²) in [6, 6.07) is 0. The van der Waals surface area contributed by atoms with Crippen LogP contribution >= 0.6 is 0 Å². The summed E-state index contributed by atoms with van der Waals surface area (Å²) in [4.78, 5) is 0. The summed E-state index contributed by atoms with van der Waals surface area (Å²) in [5.74, 6) is 0.808. The molecule has 14 heavy (non-hydrogen) atoms. The van der Waals surface area contributed by atoms with Crippen LogP contribution < -0.4 is 0 Å². The van der Waals surface area contributed by atoms with Crippen molar-refractivity contribution in [2.24, 2.45) is 11.3 Å². The second-order valence-corrected chi connectivity index (χ2v) is 5.18. The van der Waals surface area contributed by atoms with E-state index in [9.17, 15) is 0 Å². The van der Waals surface area contributed by atoms with Crippen molar-refractivity contribution in [3.05, 3.63) is 35.5 Å². The van der Waals surface area contributed by atoms with E-state index in [1.54, 1.807) is 11.1 Å². The molecule has 0 spiro atoms. The fourth-order valence-electron chi connectivity index (χ4n) is 3.51. The van der Waals surface area contributed by atoms with Crippen molar-refractivity contribution in [1.29, 1.82) is 0 Å². The molecule has 74 valence electrons. The summed E-state index contributed by atoms with van der Waals surface area (Å²) < 4.78 is 0. The van der Waals surface area contributed by atoms with Crippen LogP contribution in [0, 0.1) is 11.3 Å². The lowest BCUT2D eigenvalue weighted by atomic mass is 9.65. The molecule has 0 aromatic carbocycles. The molecule has 0 heteroatoms. The van der Waals surface area contributed by atoms with E-state index >= 15 is 0 Å². The second-order valence-electron chi connectivity index (χ2n) is 5.18. The third-order valence-corrected chi connectivity index (χ3v) is 4.43. The lowest BCUT2D eigenvalue weighted by Crippen LogP contribution is -2.28. The highest BCUT2D eigenvalue weighted by Crippen LogP contribution is 2.55. The molecule has 0 bridgehead atoms. The van der Waals surface area contributed by atoms with E-state index in [0.717, 1.165) is 5.92 Å². The highest BCUT2D eigenvalue weighted by molar-refractivity contribution is 5.44. The predicted octanol–water partition coefficient (Wildman–Crippen LogP) is 4.01. The average molecular weight is 186 g/mol. The highest BCUT2D eigenvalue weighted by atomic mass is 14.5. The fourth-order valence-corrected chi connectivity index (χ4v) is 3.51. The summed E-state index contributed by atoms with van der Waals surface area (Å²) >= 11 is 0. The Labute approximate surface area is 86.4 Å². The molecular weight excluding hydrogens is 168 g/mol. The van der Waals surface area contributed by atoms with Crippen molar-refractivity contribution in [3.63, 3.8) is 0 Å². The Hall–Kier alpha value is -0.780. The van der Waals surface area contributed by atoms with Gasteiger partial charge in [-0.2, -0.15) is 0 Å². The average Bonchev–Trinajstić information content (AvgIpc) is 2.51. The summed E-state index contributed by atoms with van der Waals surface area (Å²) in [5.41, 5.74) is 3.87. The van der Waals surface area contributed by atoms with Crippen LogP contribution in [0.5, 0.6) is 0 Å². The zero-order chi connectivity index (χ0) is 9.60. The lowest BCUT2D eigenvalue weighted by Gasteiger charge is -2.39. The largest absolute Gasteiger partial charge is 0.0839 e. The monoisotopic (exact) mass is 186 g/mol. The Morgan fingerprint density at radius 2 is 2.29 bits per heavy atom. The third-order valence-electron chi connectivity index (χ3n) is 4.43. The third kappa shape index (κ3) is 1.00. The van der Waals surface area contributed by atoms with Gasteiger partial charge in [0.1, 0.15) is 0 Å². The van der Waals surface area contributed by atoms with Gasteiger partial charge < -0.3 is 0 Å². The minimum atomic E-state index is 0.523. The molecule has 0 N–H and O–H groups in total. The predicted molar refractivity (Wildman–Crippen MR) is 60.0 cm³/mol. The van der Waals surface area contributed by atoms with Crippen LogP contribution in [0.25, 0.3) is 0 Å². The van der Waals surface area contributed by atoms with Crippen LogP contribution in [0.15, 0.2) is 35.5 Å². The molecule has 3 rings (SSSR count). The summed E-state index contributed by atoms with van der Waals surface area (Å²) in [7, 11) is 0. The van der Waals surface area contributed by atoms with Crippen LogP contribution in [0.2, 0.25) is 0 Å². The molecule has 3 aliphatic carbocycles. The number of allylic oxidation sites excluding steroid dienone is 6. The topological polar surface area (TPSA) is 0 Å². The van der Waals surface area contributed by atoms with Crippen molar-refractivity contribution < 1.29 is 0 Å². The van der Waals surface area contributed by atoms with Gasteiger partial charge >= 0.3 is 0 Å². The van der Waals surface area contributed by atoms with Gasteiger partial charge in [-0.05, 0) is 42.6 Å². The van der Waals surface area contributed by atoms with Crippen LogP contribution in [0.4, 0.5) is 0 Å². The van der Waals surface area contributed by atoms with Crippen molar-refractivity contribution >= 4 is 0 Å². The van der Waals surface area contributed by atoms with Crippen molar-refractivity contribution in [2.45, 2.75) is 39.0 Å². The van der Waals surface area contributed by atoms with Gasteiger partial charge in [-0.15, -0.1) is 0 Å². The number of hydrogen-bond donors (Lipinski definition) is 0. The molecular formula is C14H18. The Kier molecular flexibility index (Phi) is 1.74. The minimum Gasteiger partial charge on any atom is -0.0839 e. The summed E-state index contributed by atoms with van der Waals surface area (Å²) in [6.45, 7) is 2.49. The Morgan fingerprint density at radius 1 is 1.36 bits per heavy atom. The van der Waals surface area contributed by atoms with Gasteiger partial charge in [0.25, 0.3) is 0 Å². The first-order valence-electron chi connectivity index (χ1n) is 5.88. The first kappa shape index (κ1) is 8.52. The minimum absolute atomic E-state index is 0.523. The molecule has 0 amide bonds. The van der Waals surface area contributed by atoms with Gasteiger partial charge in [-0.1, -0.05) is 43.2 Å². The molecule has 2 unspecified atom stereocenters. The molecule has 1 saturated carbocycles. The number of rotatable bonds is 0. The van der Waals surface area contributed by atoms with E-state index in [-0.39, 0.29) is 0 Å². The SMILES string of the molecule is CC12CCCCC1=CC1=CC=CCC12. The van der Waals surface area contributed by atoms with E-state index in [4.69, 9.17) is 0 Å². The van der Waals surface area contributed by atoms with Crippen molar-refractivity contribution in [3.8, 4) is 0 Å². The fraction of sp³-hybridized carbons (Fsp3) is 0.571. The molecule has 0 aromatic rings. The van der Waals surface area contributed by atoms with Crippen LogP contribution in [0.3, 0.4) is 0 Å². The normalized spacial score (nSPS) is 39.9. The van der Waals surface area contributed by atoms with Gasteiger partial charge in [-0.3, -0.25) is 0 Å². The van der Waals surface area contributed by atoms with Gasteiger partial charge in [0.2, 0.25) is 0 Å². The molecule has 0 heterocycles. The Balaban J connectivity index is 2.04. The molecule has 0 nitrogen and oxygen atoms in total. The molecule has 0 radical (unpaired) electrons. The zero-order valence-corrected chi connectivity index (χ0v) is 8.92. The number of fused-ring (bicyclic) bond motifs is 3. The van der Waals surface area contributed by atoms with E-state index in [0.29, 0.717) is 5.41 Å². The first-order valence-corrected chi connectivity index (χ1v) is 5.88. The first-order chi connectivity index (χ1) is 6.81. The molecule has 2 atom stereocenters. The lowest BCUT2D eigenvalue weighted by molar-refractivity contribution is 0.233. The molecule has 0 aliphatic heterocycles. The zero-order valence-electron chi connectivity index (χ0n) is 8.92. The van der Waals surface area contributed by atoms with Gasteiger partial charge in [0.05, 0.1) is 0 Å². The summed E-state index contributed by atoms with van der Waals surface area (Å²) in [5, 5.41) is 0. The maximum absolute atomic E-state index is 2.49. The Bertz CT molecular complexity index is 343. The molecule has 0 aromatic heterocycles. The van der Waals surface area contributed by atoms with E-state index < -0.39 is 0 Å². The molecule has 0 saturated heterocycles. The van der Waals surface area contributed by atoms with E-state index in [1.807, 2.05) is 0 Å². The van der Waals surface area contributed by atoms with E-state index in [1.165, 1.54) is 32.1 Å². The van der Waals surface area contributed by atoms with Crippen molar-refractivity contribution in [1.82, 2.24) is 0 Å². The maximum Gasteiger partial charge on any atom is -0.00359 e. The van der Waals surface area contributed by atoms with Crippen LogP contribution in [0.1, 0.15) is 39.0 Å². The standard InChI is InChI=1S/C14H18/c1-14-9-5-4-7-12(14)10-11-6-2-3-8-13(11)14/h2-3,6,10,13H,4-5,7-9H2,1H3. The highest BCUT2D eigenvalue weighted by Gasteiger charge is 2.44. The second kappa shape index (κ2) is 2.85. The number of hydrogen-bond acceptors (Lipinski definition) is 0. The molecule has 3 aliphatic rings. The van der Waals surface area contributed by atoms with Crippen LogP contribution in [-0.4, -0.2) is 0 Å².